The predicted molar refractivity (Wildman–Crippen MR) is 92.9 cm³/mol. The van der Waals surface area contributed by atoms with Crippen molar-refractivity contribution in [2.75, 3.05) is 6.54 Å². The number of nitrogens with zero attached hydrogens (tertiary/aromatic N) is 4. The van der Waals surface area contributed by atoms with Gasteiger partial charge in [-0.05, 0) is 24.6 Å². The molecule has 1 amide bonds. The third kappa shape index (κ3) is 4.13. The zero-order valence-corrected chi connectivity index (χ0v) is 14.3. The lowest BCUT2D eigenvalue weighted by Gasteiger charge is -2.22. The molecule has 3 aromatic rings. The highest BCUT2D eigenvalue weighted by Gasteiger charge is 2.25. The summed E-state index contributed by atoms with van der Waals surface area (Å²) in [7, 11) is 1.78. The van der Waals surface area contributed by atoms with Gasteiger partial charge in [0, 0.05) is 43.3 Å². The Bertz CT molecular complexity index is 835. The van der Waals surface area contributed by atoms with E-state index < -0.39 is 5.60 Å². The molecule has 0 spiro atoms. The summed E-state index contributed by atoms with van der Waals surface area (Å²) in [4.78, 5) is 16.3. The Morgan fingerprint density at radius 1 is 1.32 bits per heavy atom. The summed E-state index contributed by atoms with van der Waals surface area (Å²) < 4.78 is 3.57. The number of benzene rings is 1. The molecule has 1 atom stereocenters. The number of hydrogen-bond donors (Lipinski definition) is 2. The van der Waals surface area contributed by atoms with E-state index in [0.717, 1.165) is 5.56 Å². The third-order valence-electron chi connectivity index (χ3n) is 4.06. The topological polar surface area (TPSA) is 85.0 Å². The third-order valence-corrected chi connectivity index (χ3v) is 4.06. The molecule has 7 nitrogen and oxygen atoms in total. The van der Waals surface area contributed by atoms with Gasteiger partial charge in [0.05, 0.1) is 19.1 Å². The standard InChI is InChI=1S/C18H21N5O2/c1-18(25,16-9-21-22(2)11-16)12-20-17(24)15-5-3-14(4-6-15)10-23-8-7-19-13-23/h3-9,11,13,25H,10,12H2,1-2H3,(H,20,24). The Morgan fingerprint density at radius 3 is 2.68 bits per heavy atom. The monoisotopic (exact) mass is 339 g/mol. The van der Waals surface area contributed by atoms with Crippen LogP contribution < -0.4 is 5.32 Å². The maximum absolute atomic E-state index is 12.3. The number of aryl methyl sites for hydroxylation is 1. The molecule has 0 fully saturated rings. The van der Waals surface area contributed by atoms with Crippen LogP contribution in [-0.2, 0) is 19.2 Å². The summed E-state index contributed by atoms with van der Waals surface area (Å²) >= 11 is 0. The first-order valence-corrected chi connectivity index (χ1v) is 7.98. The van der Waals surface area contributed by atoms with Gasteiger partial charge in [0.25, 0.3) is 5.91 Å². The fourth-order valence-electron chi connectivity index (χ4n) is 2.51. The quantitative estimate of drug-likeness (QED) is 0.709. The van der Waals surface area contributed by atoms with E-state index in [0.29, 0.717) is 17.7 Å². The summed E-state index contributed by atoms with van der Waals surface area (Å²) in [5.41, 5.74) is 1.12. The van der Waals surface area contributed by atoms with Crippen molar-refractivity contribution in [1.29, 1.82) is 0 Å². The summed E-state index contributed by atoms with van der Waals surface area (Å²) in [6.45, 7) is 2.46. The van der Waals surface area contributed by atoms with Crippen LogP contribution in [0.4, 0.5) is 0 Å². The number of amides is 1. The first-order chi connectivity index (χ1) is 11.9. The summed E-state index contributed by atoms with van der Waals surface area (Å²) in [5.74, 6) is -0.224. The number of carbonyl (C=O) groups excluding carboxylic acids is 1. The van der Waals surface area contributed by atoms with Crippen LogP contribution in [0.25, 0.3) is 0 Å². The zero-order valence-electron chi connectivity index (χ0n) is 14.3. The summed E-state index contributed by atoms with van der Waals surface area (Å²) in [5, 5.41) is 17.3. The molecule has 130 valence electrons. The maximum atomic E-state index is 12.3. The number of aliphatic hydroxyl groups is 1. The van der Waals surface area contributed by atoms with Crippen molar-refractivity contribution in [3.63, 3.8) is 0 Å². The van der Waals surface area contributed by atoms with Crippen LogP contribution in [-0.4, -0.2) is 36.9 Å². The molecule has 0 bridgehead atoms. The first-order valence-electron chi connectivity index (χ1n) is 7.98. The Kier molecular flexibility index (Phi) is 4.67. The van der Waals surface area contributed by atoms with Gasteiger partial charge in [0.15, 0.2) is 0 Å². The lowest BCUT2D eigenvalue weighted by molar-refractivity contribution is 0.0526. The first kappa shape index (κ1) is 16.9. The fourth-order valence-corrected chi connectivity index (χ4v) is 2.51. The van der Waals surface area contributed by atoms with Crippen LogP contribution in [0.3, 0.4) is 0 Å². The van der Waals surface area contributed by atoms with Gasteiger partial charge in [-0.1, -0.05) is 12.1 Å². The van der Waals surface area contributed by atoms with Crippen LogP contribution in [0.1, 0.15) is 28.4 Å². The van der Waals surface area contributed by atoms with E-state index >= 15 is 0 Å². The molecule has 0 radical (unpaired) electrons. The van der Waals surface area contributed by atoms with Crippen molar-refractivity contribution in [2.45, 2.75) is 19.1 Å². The minimum absolute atomic E-state index is 0.105. The number of nitrogens with one attached hydrogen (secondary N) is 1. The van der Waals surface area contributed by atoms with Gasteiger partial charge in [0.2, 0.25) is 0 Å². The number of imidazole rings is 1. The van der Waals surface area contributed by atoms with Crippen LogP contribution >= 0.6 is 0 Å². The van der Waals surface area contributed by atoms with Crippen molar-refractivity contribution < 1.29 is 9.90 Å². The molecule has 2 heterocycles. The Balaban J connectivity index is 1.59. The van der Waals surface area contributed by atoms with Gasteiger partial charge in [-0.2, -0.15) is 5.10 Å². The Hall–Kier alpha value is -2.93. The molecular formula is C18H21N5O2. The smallest absolute Gasteiger partial charge is 0.251 e. The van der Waals surface area contributed by atoms with Gasteiger partial charge in [0.1, 0.15) is 5.60 Å². The van der Waals surface area contributed by atoms with E-state index in [4.69, 9.17) is 0 Å². The SMILES string of the molecule is Cn1cc(C(C)(O)CNC(=O)c2ccc(Cn3ccnc3)cc2)cn1. The van der Waals surface area contributed by atoms with Crippen LogP contribution in [0.2, 0.25) is 0 Å². The van der Waals surface area contributed by atoms with Gasteiger partial charge < -0.3 is 15.0 Å². The van der Waals surface area contributed by atoms with Gasteiger partial charge in [-0.25, -0.2) is 4.98 Å². The molecule has 2 N–H and O–H groups in total. The van der Waals surface area contributed by atoms with E-state index in [1.54, 1.807) is 55.7 Å². The van der Waals surface area contributed by atoms with Crippen molar-refractivity contribution in [3.05, 3.63) is 72.1 Å². The van der Waals surface area contributed by atoms with Crippen molar-refractivity contribution in [1.82, 2.24) is 24.6 Å². The molecule has 0 aliphatic rings. The lowest BCUT2D eigenvalue weighted by Crippen LogP contribution is -2.38. The molecule has 2 aromatic heterocycles. The average Bonchev–Trinajstić information content (AvgIpc) is 3.25. The molecule has 0 aliphatic carbocycles. The second kappa shape index (κ2) is 6.90. The molecule has 1 unspecified atom stereocenters. The number of rotatable bonds is 6. The van der Waals surface area contributed by atoms with Crippen LogP contribution in [0.15, 0.2) is 55.4 Å². The highest BCUT2D eigenvalue weighted by molar-refractivity contribution is 5.94. The lowest BCUT2D eigenvalue weighted by atomic mass is 9.99. The van der Waals surface area contributed by atoms with Crippen molar-refractivity contribution in [3.8, 4) is 0 Å². The van der Waals surface area contributed by atoms with Crippen LogP contribution in [0.5, 0.6) is 0 Å². The zero-order chi connectivity index (χ0) is 17.9. The van der Waals surface area contributed by atoms with E-state index in [1.807, 2.05) is 22.9 Å². The fraction of sp³-hybridized carbons (Fsp3) is 0.278. The molecule has 3 rings (SSSR count). The van der Waals surface area contributed by atoms with E-state index in [9.17, 15) is 9.90 Å². The van der Waals surface area contributed by atoms with Gasteiger partial charge in [-0.3, -0.25) is 9.48 Å². The molecular weight excluding hydrogens is 318 g/mol. The minimum atomic E-state index is -1.18. The second-order valence-corrected chi connectivity index (χ2v) is 6.29. The second-order valence-electron chi connectivity index (χ2n) is 6.29. The Labute approximate surface area is 145 Å². The molecule has 7 heteroatoms. The van der Waals surface area contributed by atoms with E-state index in [1.165, 1.54) is 0 Å². The van der Waals surface area contributed by atoms with Gasteiger partial charge >= 0.3 is 0 Å². The maximum Gasteiger partial charge on any atom is 0.251 e. The molecule has 0 saturated heterocycles. The number of aromatic nitrogens is 4. The molecule has 0 saturated carbocycles. The van der Waals surface area contributed by atoms with E-state index in [-0.39, 0.29) is 12.5 Å². The number of carbonyl (C=O) groups is 1. The normalized spacial score (nSPS) is 13.4. The highest BCUT2D eigenvalue weighted by Crippen LogP contribution is 2.18. The van der Waals surface area contributed by atoms with Gasteiger partial charge in [-0.15, -0.1) is 0 Å². The average molecular weight is 339 g/mol. The van der Waals surface area contributed by atoms with Crippen molar-refractivity contribution in [2.24, 2.45) is 7.05 Å². The highest BCUT2D eigenvalue weighted by atomic mass is 16.3. The molecule has 1 aromatic carbocycles. The van der Waals surface area contributed by atoms with Crippen molar-refractivity contribution >= 4 is 5.91 Å². The van der Waals surface area contributed by atoms with Crippen LogP contribution in [0, 0.1) is 0 Å². The number of hydrogen-bond acceptors (Lipinski definition) is 4. The Morgan fingerprint density at radius 2 is 2.08 bits per heavy atom. The minimum Gasteiger partial charge on any atom is -0.383 e. The summed E-state index contributed by atoms with van der Waals surface area (Å²) in [6, 6.07) is 7.38. The molecule has 25 heavy (non-hydrogen) atoms. The largest absolute Gasteiger partial charge is 0.383 e. The molecule has 0 aliphatic heterocycles. The predicted octanol–water partition coefficient (Wildman–Crippen LogP) is 1.30. The summed E-state index contributed by atoms with van der Waals surface area (Å²) in [6.07, 6.45) is 8.70. The van der Waals surface area contributed by atoms with E-state index in [2.05, 4.69) is 15.4 Å².